The zero-order valence-electron chi connectivity index (χ0n) is 12.9. The first kappa shape index (κ1) is 10.7. The summed E-state index contributed by atoms with van der Waals surface area (Å²) in [5, 5.41) is 0. The second-order valence-corrected chi connectivity index (χ2v) is 13.1. The van der Waals surface area contributed by atoms with Crippen molar-refractivity contribution < 1.29 is 0 Å². The molecule has 0 nitrogen and oxygen atoms in total. The van der Waals surface area contributed by atoms with Crippen molar-refractivity contribution >= 4 is 23.2 Å². The highest BCUT2D eigenvalue weighted by Gasteiger charge is 3.04. The van der Waals surface area contributed by atoms with Gasteiger partial charge in [0.15, 0.2) is 0 Å². The largest absolute Gasteiger partial charge is 0.126 e. The molecule has 0 amide bonds. The molecule has 12 aliphatic rings. The number of rotatable bonds is 1. The van der Waals surface area contributed by atoms with Gasteiger partial charge in [0.1, 0.15) is 0 Å². The predicted molar refractivity (Wildman–Crippen MR) is 84.6 cm³/mol. The standard InChI is InChI=1S/C21H20Cl2/c22-1-20-14-4-2-3-5(14)9-11-7(3)17-6(2)10-8(4)15(20)12-13(16(9)20)19(11)21(17,23)18(10)12/h2-19H,1H2. The molecule has 0 saturated heterocycles. The minimum atomic E-state index is 0.311. The molecule has 16 unspecified atom stereocenters. The molecule has 12 aliphatic carbocycles. The van der Waals surface area contributed by atoms with E-state index < -0.39 is 0 Å². The molecule has 12 rings (SSSR count). The molecular formula is C21H20Cl2. The van der Waals surface area contributed by atoms with E-state index in [0.29, 0.717) is 10.3 Å². The average Bonchev–Trinajstić information content (AvgIpc) is 3.23. The minimum Gasteiger partial charge on any atom is -0.126 e. The quantitative estimate of drug-likeness (QED) is 0.640. The fourth-order valence-corrected chi connectivity index (χ4v) is 17.3. The van der Waals surface area contributed by atoms with Gasteiger partial charge < -0.3 is 0 Å². The van der Waals surface area contributed by atoms with Crippen LogP contribution in [0.3, 0.4) is 0 Å². The molecule has 23 heavy (non-hydrogen) atoms. The molecule has 0 bridgehead atoms. The van der Waals surface area contributed by atoms with Crippen molar-refractivity contribution in [3.05, 3.63) is 0 Å². The van der Waals surface area contributed by atoms with Crippen LogP contribution in [0.5, 0.6) is 0 Å². The summed E-state index contributed by atoms with van der Waals surface area (Å²) in [6.45, 7) is 0. The maximum absolute atomic E-state index is 7.80. The van der Waals surface area contributed by atoms with E-state index in [1.807, 2.05) is 0 Å². The molecule has 0 radical (unpaired) electrons. The molecule has 12 fully saturated rings. The van der Waals surface area contributed by atoms with E-state index in [2.05, 4.69) is 0 Å². The SMILES string of the molecule is ClCC12C3C4C5C6C7C8C(C63)C1C1C3C6C(C5C7C6(Cl)C81)C4C32. The van der Waals surface area contributed by atoms with E-state index in [1.165, 1.54) is 0 Å². The Hall–Kier alpha value is 0.580. The third-order valence-corrected chi connectivity index (χ3v) is 15.2. The lowest BCUT2D eigenvalue weighted by Gasteiger charge is -2.40. The Morgan fingerprint density at radius 2 is 0.826 bits per heavy atom. The van der Waals surface area contributed by atoms with E-state index in [4.69, 9.17) is 23.2 Å². The van der Waals surface area contributed by atoms with E-state index in [-0.39, 0.29) is 0 Å². The molecule has 0 heterocycles. The molecule has 0 aromatic heterocycles. The van der Waals surface area contributed by atoms with Gasteiger partial charge in [-0.25, -0.2) is 0 Å². The summed E-state index contributed by atoms with van der Waals surface area (Å²) < 4.78 is 0. The molecule has 2 heteroatoms. The van der Waals surface area contributed by atoms with Gasteiger partial charge in [0.25, 0.3) is 0 Å². The second-order valence-electron chi connectivity index (χ2n) is 12.2. The van der Waals surface area contributed by atoms with Crippen LogP contribution in [0.4, 0.5) is 0 Å². The summed E-state index contributed by atoms with van der Waals surface area (Å²) in [6, 6.07) is 0. The third-order valence-electron chi connectivity index (χ3n) is 13.9. The monoisotopic (exact) mass is 342 g/mol. The van der Waals surface area contributed by atoms with Gasteiger partial charge >= 0.3 is 0 Å². The fraction of sp³-hybridized carbons (Fsp3) is 1.00. The van der Waals surface area contributed by atoms with Gasteiger partial charge in [-0.3, -0.25) is 0 Å². The third kappa shape index (κ3) is 0.520. The topological polar surface area (TPSA) is 0 Å². The molecule has 0 aliphatic heterocycles. The summed E-state index contributed by atoms with van der Waals surface area (Å²) in [5.41, 5.74) is 0.632. The normalized spacial score (nSPS) is 102. The molecular weight excluding hydrogens is 323 g/mol. The zero-order valence-corrected chi connectivity index (χ0v) is 14.4. The maximum Gasteiger partial charge on any atom is 0.0548 e. The first-order valence-electron chi connectivity index (χ1n) is 10.5. The highest BCUT2D eigenvalue weighted by molar-refractivity contribution is 6.25. The first-order chi connectivity index (χ1) is 11.3. The van der Waals surface area contributed by atoms with Gasteiger partial charge in [0.2, 0.25) is 0 Å². The summed E-state index contributed by atoms with van der Waals surface area (Å²) in [7, 11) is 0. The molecule has 118 valence electrons. The van der Waals surface area contributed by atoms with Crippen molar-refractivity contribution in [3.8, 4) is 0 Å². The van der Waals surface area contributed by atoms with Gasteiger partial charge in [-0.05, 0) is 112 Å². The predicted octanol–water partition coefficient (Wildman–Crippen LogP) is 3.43. The summed E-state index contributed by atoms with van der Waals surface area (Å²) in [6.07, 6.45) is 0. The zero-order chi connectivity index (χ0) is 14.1. The van der Waals surface area contributed by atoms with Gasteiger partial charge in [0, 0.05) is 5.88 Å². The van der Waals surface area contributed by atoms with E-state index >= 15 is 0 Å². The number of hydrogen-bond acceptors (Lipinski definition) is 0. The second kappa shape index (κ2) is 2.30. The van der Waals surface area contributed by atoms with Gasteiger partial charge in [-0.1, -0.05) is 0 Å². The van der Waals surface area contributed by atoms with Crippen LogP contribution in [0.25, 0.3) is 0 Å². The fourth-order valence-electron chi connectivity index (χ4n) is 15.9. The molecule has 16 atom stereocenters. The maximum atomic E-state index is 7.80. The van der Waals surface area contributed by atoms with Crippen molar-refractivity contribution in [1.29, 1.82) is 0 Å². The van der Waals surface area contributed by atoms with Crippen LogP contribution in [0.15, 0.2) is 0 Å². The molecule has 12 saturated carbocycles. The number of alkyl halides is 2. The highest BCUT2D eigenvalue weighted by atomic mass is 35.5. The highest BCUT2D eigenvalue weighted by Crippen LogP contribution is 3.05. The van der Waals surface area contributed by atoms with Gasteiger partial charge in [-0.15, -0.1) is 23.2 Å². The number of hydrogen-bond donors (Lipinski definition) is 0. The van der Waals surface area contributed by atoms with E-state index in [0.717, 1.165) is 112 Å². The Labute approximate surface area is 146 Å². The van der Waals surface area contributed by atoms with Crippen molar-refractivity contribution in [2.45, 2.75) is 4.87 Å². The van der Waals surface area contributed by atoms with Gasteiger partial charge in [0.05, 0.1) is 4.87 Å². The van der Waals surface area contributed by atoms with Crippen LogP contribution in [0, 0.1) is 112 Å². The Bertz CT molecular complexity index is 759. The molecule has 0 N–H and O–H groups in total. The van der Waals surface area contributed by atoms with E-state index in [1.54, 1.807) is 0 Å². The summed E-state index contributed by atoms with van der Waals surface area (Å²) in [5.74, 6) is 20.5. The Morgan fingerprint density at radius 3 is 1.35 bits per heavy atom. The summed E-state index contributed by atoms with van der Waals surface area (Å²) >= 11 is 14.8. The van der Waals surface area contributed by atoms with Crippen molar-refractivity contribution in [3.63, 3.8) is 0 Å². The van der Waals surface area contributed by atoms with Crippen LogP contribution in [-0.2, 0) is 0 Å². The Kier molecular flexibility index (Phi) is 1.07. The van der Waals surface area contributed by atoms with Crippen LogP contribution in [0.1, 0.15) is 0 Å². The van der Waals surface area contributed by atoms with Crippen LogP contribution in [-0.4, -0.2) is 10.8 Å². The molecule has 0 aromatic rings. The molecule has 0 aromatic carbocycles. The lowest BCUT2D eigenvalue weighted by atomic mass is 9.68. The lowest BCUT2D eigenvalue weighted by molar-refractivity contribution is 0.111. The van der Waals surface area contributed by atoms with E-state index in [9.17, 15) is 0 Å². The van der Waals surface area contributed by atoms with Crippen molar-refractivity contribution in [1.82, 2.24) is 0 Å². The first-order valence-corrected chi connectivity index (χ1v) is 11.5. The lowest BCUT2D eigenvalue weighted by Crippen LogP contribution is -2.41. The van der Waals surface area contributed by atoms with Gasteiger partial charge in [-0.2, -0.15) is 0 Å². The minimum absolute atomic E-state index is 0.311. The Morgan fingerprint density at radius 1 is 0.478 bits per heavy atom. The van der Waals surface area contributed by atoms with Crippen LogP contribution in [0.2, 0.25) is 0 Å². The molecule has 0 spiro atoms. The van der Waals surface area contributed by atoms with Crippen molar-refractivity contribution in [2.75, 3.05) is 5.88 Å². The Balaban J connectivity index is 1.45. The van der Waals surface area contributed by atoms with Crippen LogP contribution < -0.4 is 0 Å². The summed E-state index contributed by atoms with van der Waals surface area (Å²) in [4.78, 5) is 0.311. The number of halogens is 2. The average molecular weight is 343 g/mol. The van der Waals surface area contributed by atoms with Crippen molar-refractivity contribution in [2.24, 2.45) is 112 Å². The smallest absolute Gasteiger partial charge is 0.0548 e. The van der Waals surface area contributed by atoms with Crippen LogP contribution >= 0.6 is 23.2 Å².